The largest absolute Gasteiger partial charge is 0.550 e. The molecule has 7 nitrogen and oxygen atoms in total. The minimum Gasteiger partial charge on any atom is -0.550 e. The number of carbonyl (C=O) groups is 1. The molecule has 0 aliphatic rings. The normalized spacial score (nSPS) is 10.5. The Morgan fingerprint density at radius 1 is 1.14 bits per heavy atom. The van der Waals surface area contributed by atoms with E-state index in [4.69, 9.17) is 23.2 Å². The van der Waals surface area contributed by atoms with Crippen LogP contribution < -0.4 is 5.11 Å². The Balaban J connectivity index is 2.23. The van der Waals surface area contributed by atoms with Gasteiger partial charge in [-0.3, -0.25) is 10.1 Å². The van der Waals surface area contributed by atoms with Crippen LogP contribution in [0.3, 0.4) is 0 Å². The van der Waals surface area contributed by atoms with Crippen LogP contribution in [-0.2, 0) is 17.6 Å². The second-order valence-corrected chi connectivity index (χ2v) is 5.07. The van der Waals surface area contributed by atoms with E-state index in [0.717, 1.165) is 5.56 Å². The molecule has 0 amide bonds. The molecule has 0 radical (unpaired) electrons. The molecule has 0 saturated heterocycles. The fourth-order valence-electron chi connectivity index (χ4n) is 1.76. The van der Waals surface area contributed by atoms with Crippen LogP contribution in [0.2, 0.25) is 10.3 Å². The number of nitro benzene ring substituents is 1. The van der Waals surface area contributed by atoms with Crippen molar-refractivity contribution in [3.8, 4) is 0 Å². The van der Waals surface area contributed by atoms with Crippen molar-refractivity contribution >= 4 is 34.9 Å². The summed E-state index contributed by atoms with van der Waals surface area (Å²) in [5.74, 6) is -1.05. The summed E-state index contributed by atoms with van der Waals surface area (Å²) >= 11 is 11.8. The van der Waals surface area contributed by atoms with Crippen molar-refractivity contribution in [3.63, 3.8) is 0 Å². The number of carboxylic acid groups (broad SMARTS) is 1. The first-order chi connectivity index (χ1) is 10.4. The average molecular weight is 341 g/mol. The summed E-state index contributed by atoms with van der Waals surface area (Å²) < 4.78 is 0. The van der Waals surface area contributed by atoms with Gasteiger partial charge >= 0.3 is 0 Å². The maximum absolute atomic E-state index is 10.6. The number of rotatable bonds is 5. The maximum Gasteiger partial charge on any atom is 0.269 e. The number of carboxylic acids is 1. The number of nitro groups is 1. The molecule has 114 valence electrons. The molecule has 0 N–H and O–H groups in total. The molecule has 0 aliphatic carbocycles. The molecular weight excluding hydrogens is 333 g/mol. The summed E-state index contributed by atoms with van der Waals surface area (Å²) in [5, 5.41) is 21.1. The van der Waals surface area contributed by atoms with Gasteiger partial charge < -0.3 is 9.90 Å². The first-order valence-electron chi connectivity index (χ1n) is 6.00. The van der Waals surface area contributed by atoms with Gasteiger partial charge in [-0.05, 0) is 5.56 Å². The SMILES string of the molecule is O=C([O-])Cc1c(Cl)nc(Cc2ccc([N+](=O)[O-])cc2)nc1Cl. The highest BCUT2D eigenvalue weighted by molar-refractivity contribution is 6.34. The molecule has 1 heterocycles. The summed E-state index contributed by atoms with van der Waals surface area (Å²) in [7, 11) is 0. The lowest BCUT2D eigenvalue weighted by atomic mass is 10.1. The van der Waals surface area contributed by atoms with Crippen LogP contribution in [0, 0.1) is 10.1 Å². The monoisotopic (exact) mass is 340 g/mol. The number of aliphatic carboxylic acids is 1. The molecular formula is C13H8Cl2N3O4-. The van der Waals surface area contributed by atoms with Crippen LogP contribution in [0.25, 0.3) is 0 Å². The van der Waals surface area contributed by atoms with Crippen LogP contribution in [-0.4, -0.2) is 20.9 Å². The standard InChI is InChI=1S/C13H9Cl2N3O4/c14-12-9(6-11(19)20)13(15)17-10(16-12)5-7-1-3-8(4-2-7)18(21)22/h1-4H,5-6H2,(H,19,20)/p-1. The van der Waals surface area contributed by atoms with Gasteiger partial charge in [-0.25, -0.2) is 9.97 Å². The van der Waals surface area contributed by atoms with Gasteiger partial charge in [-0.15, -0.1) is 0 Å². The molecule has 9 heteroatoms. The minimum atomic E-state index is -1.34. The van der Waals surface area contributed by atoms with E-state index in [9.17, 15) is 20.0 Å². The van der Waals surface area contributed by atoms with Crippen molar-refractivity contribution in [2.75, 3.05) is 0 Å². The van der Waals surface area contributed by atoms with Crippen LogP contribution in [0.1, 0.15) is 17.0 Å². The third-order valence-corrected chi connectivity index (χ3v) is 3.41. The second kappa shape index (κ2) is 6.67. The van der Waals surface area contributed by atoms with E-state index in [1.54, 1.807) is 12.1 Å². The van der Waals surface area contributed by atoms with Crippen LogP contribution in [0.4, 0.5) is 5.69 Å². The lowest BCUT2D eigenvalue weighted by Gasteiger charge is -2.09. The number of halogens is 2. The molecule has 0 fully saturated rings. The average Bonchev–Trinajstić information content (AvgIpc) is 2.43. The van der Waals surface area contributed by atoms with Crippen molar-refractivity contribution in [2.45, 2.75) is 12.8 Å². The lowest BCUT2D eigenvalue weighted by Crippen LogP contribution is -2.25. The number of hydrogen-bond acceptors (Lipinski definition) is 6. The summed E-state index contributed by atoms with van der Waals surface area (Å²) in [6, 6.07) is 5.86. The number of aromatic nitrogens is 2. The smallest absolute Gasteiger partial charge is 0.269 e. The predicted octanol–water partition coefficient (Wildman–Crippen LogP) is 1.57. The van der Waals surface area contributed by atoms with Gasteiger partial charge in [0.2, 0.25) is 0 Å². The molecule has 0 spiro atoms. The van der Waals surface area contributed by atoms with Gasteiger partial charge in [0.05, 0.1) is 4.92 Å². The molecule has 0 atom stereocenters. The van der Waals surface area contributed by atoms with Gasteiger partial charge in [0.15, 0.2) is 0 Å². The van der Waals surface area contributed by atoms with Crippen molar-refractivity contribution in [3.05, 3.63) is 61.6 Å². The number of nitrogens with zero attached hydrogens (tertiary/aromatic N) is 3. The molecule has 1 aromatic carbocycles. The Morgan fingerprint density at radius 2 is 1.68 bits per heavy atom. The zero-order valence-electron chi connectivity index (χ0n) is 11.0. The summed E-state index contributed by atoms with van der Waals surface area (Å²) in [5.41, 5.74) is 0.797. The Kier molecular flexibility index (Phi) is 4.89. The minimum absolute atomic E-state index is 0.0231. The van der Waals surface area contributed by atoms with Gasteiger partial charge in [0, 0.05) is 36.5 Å². The van der Waals surface area contributed by atoms with Crippen molar-refractivity contribution in [1.29, 1.82) is 0 Å². The first-order valence-corrected chi connectivity index (χ1v) is 6.76. The van der Waals surface area contributed by atoms with Gasteiger partial charge in [-0.1, -0.05) is 35.3 Å². The van der Waals surface area contributed by atoms with E-state index < -0.39 is 17.3 Å². The molecule has 2 rings (SSSR count). The maximum atomic E-state index is 10.6. The fraction of sp³-hybridized carbons (Fsp3) is 0.154. The van der Waals surface area contributed by atoms with E-state index >= 15 is 0 Å². The Bertz CT molecular complexity index is 712. The van der Waals surface area contributed by atoms with E-state index in [1.165, 1.54) is 12.1 Å². The number of non-ortho nitro benzene ring substituents is 1. The van der Waals surface area contributed by atoms with Crippen LogP contribution >= 0.6 is 23.2 Å². The van der Waals surface area contributed by atoms with Gasteiger partial charge in [0.1, 0.15) is 16.1 Å². The molecule has 0 unspecified atom stereocenters. The van der Waals surface area contributed by atoms with Crippen LogP contribution in [0.5, 0.6) is 0 Å². The number of benzene rings is 1. The second-order valence-electron chi connectivity index (χ2n) is 4.35. The molecule has 0 bridgehead atoms. The van der Waals surface area contributed by atoms with E-state index in [2.05, 4.69) is 9.97 Å². The van der Waals surface area contributed by atoms with E-state index in [0.29, 0.717) is 0 Å². The van der Waals surface area contributed by atoms with Crippen molar-refractivity contribution < 1.29 is 14.8 Å². The van der Waals surface area contributed by atoms with Gasteiger partial charge in [0.25, 0.3) is 5.69 Å². The zero-order chi connectivity index (χ0) is 16.3. The highest BCUT2D eigenvalue weighted by Crippen LogP contribution is 2.23. The van der Waals surface area contributed by atoms with Gasteiger partial charge in [-0.2, -0.15) is 0 Å². The topological polar surface area (TPSA) is 109 Å². The first kappa shape index (κ1) is 16.1. The van der Waals surface area contributed by atoms with Crippen molar-refractivity contribution in [2.24, 2.45) is 0 Å². The molecule has 2 aromatic rings. The predicted molar refractivity (Wildman–Crippen MR) is 76.7 cm³/mol. The van der Waals surface area contributed by atoms with Crippen LogP contribution in [0.15, 0.2) is 24.3 Å². The zero-order valence-corrected chi connectivity index (χ0v) is 12.5. The Hall–Kier alpha value is -2.25. The molecule has 22 heavy (non-hydrogen) atoms. The highest BCUT2D eigenvalue weighted by atomic mass is 35.5. The summed E-state index contributed by atoms with van der Waals surface area (Å²) in [6.07, 6.45) is -0.224. The Labute approximate surface area is 134 Å². The van der Waals surface area contributed by atoms with E-state index in [1.807, 2.05) is 0 Å². The Morgan fingerprint density at radius 3 is 2.14 bits per heavy atom. The highest BCUT2D eigenvalue weighted by Gasteiger charge is 2.13. The van der Waals surface area contributed by atoms with Crippen molar-refractivity contribution in [1.82, 2.24) is 9.97 Å². The number of hydrogen-bond donors (Lipinski definition) is 0. The molecule has 0 aliphatic heterocycles. The third-order valence-electron chi connectivity index (χ3n) is 2.78. The lowest BCUT2D eigenvalue weighted by molar-refractivity contribution is -0.384. The number of carbonyl (C=O) groups excluding carboxylic acids is 1. The summed E-state index contributed by atoms with van der Waals surface area (Å²) in [4.78, 5) is 28.6. The quantitative estimate of drug-likeness (QED) is 0.464. The molecule has 0 saturated carbocycles. The molecule has 1 aromatic heterocycles. The third kappa shape index (κ3) is 3.90. The summed E-state index contributed by atoms with van der Waals surface area (Å²) in [6.45, 7) is 0. The fourth-order valence-corrected chi connectivity index (χ4v) is 2.32. The van der Waals surface area contributed by atoms with E-state index in [-0.39, 0.29) is 33.8 Å².